The van der Waals surface area contributed by atoms with Crippen molar-refractivity contribution < 1.29 is 0 Å². The molecule has 6 heteroatoms. The first-order valence-electron chi connectivity index (χ1n) is 11.1. The Morgan fingerprint density at radius 3 is 2.48 bits per heavy atom. The van der Waals surface area contributed by atoms with Gasteiger partial charge in [-0.15, -0.1) is 0 Å². The van der Waals surface area contributed by atoms with Gasteiger partial charge in [0.05, 0.1) is 0 Å². The van der Waals surface area contributed by atoms with E-state index in [0.717, 1.165) is 50.5 Å². The number of likely N-dealkylation sites (tertiary alicyclic amines) is 1. The molecule has 2 saturated heterocycles. The van der Waals surface area contributed by atoms with Crippen LogP contribution in [-0.2, 0) is 0 Å². The van der Waals surface area contributed by atoms with Crippen LogP contribution in [0.5, 0.6) is 0 Å². The highest BCUT2D eigenvalue weighted by Crippen LogP contribution is 2.29. The van der Waals surface area contributed by atoms with E-state index in [-0.39, 0.29) is 0 Å². The van der Waals surface area contributed by atoms with Gasteiger partial charge in [0, 0.05) is 50.4 Å². The lowest BCUT2D eigenvalue weighted by Gasteiger charge is -2.31. The van der Waals surface area contributed by atoms with E-state index in [2.05, 4.69) is 26.2 Å². The van der Waals surface area contributed by atoms with E-state index in [0.29, 0.717) is 12.0 Å². The molecule has 0 amide bonds. The number of aromatic nitrogens is 2. The summed E-state index contributed by atoms with van der Waals surface area (Å²) in [7, 11) is 0. The molecule has 0 spiro atoms. The summed E-state index contributed by atoms with van der Waals surface area (Å²) < 4.78 is 0. The van der Waals surface area contributed by atoms with Crippen LogP contribution in [-0.4, -0.2) is 59.7 Å². The molecule has 150 valence electrons. The van der Waals surface area contributed by atoms with E-state index in [9.17, 15) is 0 Å². The van der Waals surface area contributed by atoms with Gasteiger partial charge < -0.3 is 16.0 Å². The number of nitrogens with two attached hydrogens (primary N) is 1. The molecule has 1 aliphatic carbocycles. The number of anilines is 2. The van der Waals surface area contributed by atoms with Gasteiger partial charge >= 0.3 is 0 Å². The Morgan fingerprint density at radius 1 is 1.00 bits per heavy atom. The Kier molecular flexibility index (Phi) is 6.45. The van der Waals surface area contributed by atoms with Crippen LogP contribution < -0.4 is 16.0 Å². The van der Waals surface area contributed by atoms with Gasteiger partial charge in [0.25, 0.3) is 0 Å². The molecule has 2 unspecified atom stereocenters. The van der Waals surface area contributed by atoms with Gasteiger partial charge in [0.1, 0.15) is 5.82 Å². The smallest absolute Gasteiger partial charge is 0.224 e. The van der Waals surface area contributed by atoms with E-state index >= 15 is 0 Å². The molecule has 1 aromatic heterocycles. The third-order valence-electron chi connectivity index (χ3n) is 6.75. The number of nitrogens with zero attached hydrogens (tertiary/aromatic N) is 4. The summed E-state index contributed by atoms with van der Waals surface area (Å²) in [6.07, 6.45) is 14.0. The Bertz CT molecular complexity index is 580. The van der Waals surface area contributed by atoms with Crippen molar-refractivity contribution >= 4 is 11.8 Å². The summed E-state index contributed by atoms with van der Waals surface area (Å²) in [6, 6.07) is 3.17. The van der Waals surface area contributed by atoms with Gasteiger partial charge in [0.15, 0.2) is 0 Å². The van der Waals surface area contributed by atoms with Crippen molar-refractivity contribution in [1.82, 2.24) is 14.9 Å². The standard InChI is InChI=1S/C21H36N6/c22-14-17-15-27(18-8-4-3-5-9-18)16-19(17)24-21-23-11-10-20(25-21)26-12-6-1-2-7-13-26/h10-11,17-19H,1-9,12-16,22H2,(H,23,24,25). The molecule has 0 aromatic carbocycles. The Balaban J connectivity index is 1.40. The van der Waals surface area contributed by atoms with E-state index in [1.165, 1.54) is 57.8 Å². The summed E-state index contributed by atoms with van der Waals surface area (Å²) in [5.41, 5.74) is 6.12. The van der Waals surface area contributed by atoms with Crippen LogP contribution in [0.15, 0.2) is 12.3 Å². The van der Waals surface area contributed by atoms with Gasteiger partial charge in [0.2, 0.25) is 5.95 Å². The van der Waals surface area contributed by atoms with Crippen LogP contribution in [0.3, 0.4) is 0 Å². The van der Waals surface area contributed by atoms with E-state index in [1.54, 1.807) is 0 Å². The van der Waals surface area contributed by atoms with Crippen molar-refractivity contribution in [2.24, 2.45) is 11.7 Å². The Hall–Kier alpha value is -1.40. The predicted octanol–water partition coefficient (Wildman–Crippen LogP) is 2.86. The molecule has 3 heterocycles. The van der Waals surface area contributed by atoms with Crippen molar-refractivity contribution in [3.63, 3.8) is 0 Å². The largest absolute Gasteiger partial charge is 0.356 e. The molecule has 2 atom stereocenters. The average molecular weight is 373 g/mol. The fourth-order valence-corrected chi connectivity index (χ4v) is 5.11. The number of rotatable bonds is 5. The molecule has 6 nitrogen and oxygen atoms in total. The van der Waals surface area contributed by atoms with Crippen molar-refractivity contribution in [1.29, 1.82) is 0 Å². The second-order valence-corrected chi connectivity index (χ2v) is 8.63. The first-order valence-corrected chi connectivity index (χ1v) is 11.1. The first-order chi connectivity index (χ1) is 13.3. The average Bonchev–Trinajstić information content (AvgIpc) is 2.93. The van der Waals surface area contributed by atoms with E-state index in [4.69, 9.17) is 10.7 Å². The lowest BCUT2D eigenvalue weighted by atomic mass is 9.94. The van der Waals surface area contributed by atoms with Crippen molar-refractivity contribution in [3.8, 4) is 0 Å². The molecule has 2 aliphatic heterocycles. The normalized spacial score (nSPS) is 28.3. The number of nitrogens with one attached hydrogen (secondary N) is 1. The fraction of sp³-hybridized carbons (Fsp3) is 0.810. The lowest BCUT2D eigenvalue weighted by Crippen LogP contribution is -2.36. The molecule has 3 N–H and O–H groups in total. The third-order valence-corrected chi connectivity index (χ3v) is 6.75. The molecule has 3 aliphatic rings. The Labute approximate surface area is 163 Å². The maximum Gasteiger partial charge on any atom is 0.224 e. The molecular formula is C21H36N6. The van der Waals surface area contributed by atoms with Crippen molar-refractivity contribution in [2.75, 3.05) is 42.9 Å². The second-order valence-electron chi connectivity index (χ2n) is 8.63. The zero-order valence-electron chi connectivity index (χ0n) is 16.7. The minimum atomic E-state index is 0.358. The summed E-state index contributed by atoms with van der Waals surface area (Å²) >= 11 is 0. The van der Waals surface area contributed by atoms with Gasteiger partial charge in [-0.3, -0.25) is 4.90 Å². The summed E-state index contributed by atoms with van der Waals surface area (Å²) in [5, 5.41) is 3.64. The highest BCUT2D eigenvalue weighted by Gasteiger charge is 2.36. The van der Waals surface area contributed by atoms with Crippen LogP contribution in [0, 0.1) is 5.92 Å². The number of hydrogen-bond donors (Lipinski definition) is 2. The summed E-state index contributed by atoms with van der Waals surface area (Å²) in [4.78, 5) is 14.5. The molecule has 27 heavy (non-hydrogen) atoms. The molecule has 0 bridgehead atoms. The lowest BCUT2D eigenvalue weighted by molar-refractivity contribution is 0.185. The maximum atomic E-state index is 6.12. The molecule has 1 aromatic rings. The molecule has 4 rings (SSSR count). The zero-order valence-corrected chi connectivity index (χ0v) is 16.7. The highest BCUT2D eigenvalue weighted by atomic mass is 15.3. The summed E-state index contributed by atoms with van der Waals surface area (Å²) in [6.45, 7) is 5.14. The molecule has 0 radical (unpaired) electrons. The van der Waals surface area contributed by atoms with Gasteiger partial charge in [-0.2, -0.15) is 4.98 Å². The monoisotopic (exact) mass is 372 g/mol. The first kappa shape index (κ1) is 18.9. The third kappa shape index (κ3) is 4.72. The molecular weight excluding hydrogens is 336 g/mol. The van der Waals surface area contributed by atoms with Gasteiger partial charge in [-0.25, -0.2) is 4.98 Å². The topological polar surface area (TPSA) is 70.3 Å². The van der Waals surface area contributed by atoms with Crippen LogP contribution in [0.4, 0.5) is 11.8 Å². The SMILES string of the molecule is NCC1CN(C2CCCCC2)CC1Nc1nccc(N2CCCCCC2)n1. The van der Waals surface area contributed by atoms with Gasteiger partial charge in [-0.05, 0) is 38.3 Å². The van der Waals surface area contributed by atoms with Crippen LogP contribution in [0.2, 0.25) is 0 Å². The highest BCUT2D eigenvalue weighted by molar-refractivity contribution is 5.43. The van der Waals surface area contributed by atoms with Crippen LogP contribution >= 0.6 is 0 Å². The van der Waals surface area contributed by atoms with E-state index in [1.807, 2.05) is 6.20 Å². The van der Waals surface area contributed by atoms with Crippen LogP contribution in [0.1, 0.15) is 57.8 Å². The minimum absolute atomic E-state index is 0.358. The number of hydrogen-bond acceptors (Lipinski definition) is 6. The maximum absolute atomic E-state index is 6.12. The van der Waals surface area contributed by atoms with Crippen molar-refractivity contribution in [2.45, 2.75) is 69.9 Å². The second kappa shape index (κ2) is 9.20. The Morgan fingerprint density at radius 2 is 1.74 bits per heavy atom. The predicted molar refractivity (Wildman–Crippen MR) is 111 cm³/mol. The van der Waals surface area contributed by atoms with Crippen LogP contribution in [0.25, 0.3) is 0 Å². The molecule has 3 fully saturated rings. The van der Waals surface area contributed by atoms with Crippen molar-refractivity contribution in [3.05, 3.63) is 12.3 Å². The molecule has 1 saturated carbocycles. The minimum Gasteiger partial charge on any atom is -0.356 e. The van der Waals surface area contributed by atoms with E-state index < -0.39 is 0 Å². The zero-order chi connectivity index (χ0) is 18.5. The fourth-order valence-electron chi connectivity index (χ4n) is 5.11. The quantitative estimate of drug-likeness (QED) is 0.828. The summed E-state index contributed by atoms with van der Waals surface area (Å²) in [5.74, 6) is 2.32. The van der Waals surface area contributed by atoms with Gasteiger partial charge in [-0.1, -0.05) is 32.1 Å².